The summed E-state index contributed by atoms with van der Waals surface area (Å²) in [5, 5.41) is 89.4. The third-order valence-electron chi connectivity index (χ3n) is 6.08. The van der Waals surface area contributed by atoms with Crippen LogP contribution in [0.5, 0.6) is 46.1 Å². The number of H-pyrrole nitrogens is 1. The molecule has 216 valence electrons. The Balaban J connectivity index is 1.65. The molecule has 0 aliphatic rings. The number of sulfonamides is 1. The molecule has 0 radical (unpaired) electrons. The van der Waals surface area contributed by atoms with Gasteiger partial charge in [0.2, 0.25) is 5.75 Å². The number of nitrogens with one attached hydrogen (secondary N) is 2. The molecule has 0 saturated heterocycles. The fourth-order valence-electron chi connectivity index (χ4n) is 3.90. The van der Waals surface area contributed by atoms with E-state index in [1.807, 2.05) is 4.72 Å². The number of aromatic nitrogens is 1. The van der Waals surface area contributed by atoms with Gasteiger partial charge in [-0.05, 0) is 19.1 Å². The van der Waals surface area contributed by atoms with Gasteiger partial charge in [-0.2, -0.15) is 4.72 Å². The Morgan fingerprint density at radius 1 is 0.951 bits per heavy atom. The zero-order valence-corrected chi connectivity index (χ0v) is 22.2. The van der Waals surface area contributed by atoms with Crippen LogP contribution in [-0.4, -0.2) is 71.4 Å². The second-order valence-corrected chi connectivity index (χ2v) is 11.7. The lowest BCUT2D eigenvalue weighted by Crippen LogP contribution is -2.42. The highest BCUT2D eigenvalue weighted by molar-refractivity contribution is 7.91. The van der Waals surface area contributed by atoms with Gasteiger partial charge in [-0.1, -0.05) is 11.8 Å². The molecule has 0 aliphatic carbocycles. The van der Waals surface area contributed by atoms with E-state index in [0.717, 1.165) is 6.07 Å². The summed E-state index contributed by atoms with van der Waals surface area (Å²) in [6, 6.07) is 0.444. The third kappa shape index (κ3) is 4.86. The summed E-state index contributed by atoms with van der Waals surface area (Å²) in [6.07, 6.45) is -0.717. The van der Waals surface area contributed by atoms with Crippen molar-refractivity contribution in [1.82, 2.24) is 9.71 Å². The largest absolute Gasteiger partial charge is 0.504 e. The van der Waals surface area contributed by atoms with Crippen LogP contribution in [0.2, 0.25) is 0 Å². The van der Waals surface area contributed by atoms with Crippen LogP contribution in [0.25, 0.3) is 10.9 Å². The number of carboxylic acids is 1. The van der Waals surface area contributed by atoms with Gasteiger partial charge in [-0.25, -0.2) is 8.42 Å². The molecule has 1 atom stereocenters. The molecule has 2 aromatic heterocycles. The first kappa shape index (κ1) is 28.8. The topological polar surface area (TPSA) is 287 Å². The highest BCUT2D eigenvalue weighted by Gasteiger charge is 2.31. The highest BCUT2D eigenvalue weighted by Crippen LogP contribution is 2.49. The number of phenols is 7. The fraction of sp³-hybridized carbons (Fsp3) is 0.125. The Hall–Kier alpha value is -5.18. The van der Waals surface area contributed by atoms with Crippen LogP contribution in [0, 0.1) is 18.8 Å². The van der Waals surface area contributed by atoms with Crippen molar-refractivity contribution in [3.63, 3.8) is 0 Å². The van der Waals surface area contributed by atoms with Gasteiger partial charge < -0.3 is 56.7 Å². The average molecular weight is 608 g/mol. The number of aliphatic carboxylic acids is 1. The number of aromatic hydroxyl groups is 8. The van der Waals surface area contributed by atoms with Gasteiger partial charge >= 0.3 is 5.97 Å². The SMILES string of the molecule is Cc1c(O)c(O)c(C#Cc2ccc(S(=O)(=O)NC(Cc3c(O)[nH]c4c(O)c(O)c(O)c(N)c34)C(=O)O)s2)c(O)c1O. The summed E-state index contributed by atoms with van der Waals surface area (Å²) in [5.41, 5.74) is 3.95. The Kier molecular flexibility index (Phi) is 7.09. The van der Waals surface area contributed by atoms with E-state index in [1.54, 1.807) is 0 Å². The molecule has 17 heteroatoms. The summed E-state index contributed by atoms with van der Waals surface area (Å²) in [4.78, 5) is 14.3. The molecule has 4 rings (SSSR count). The van der Waals surface area contributed by atoms with Gasteiger partial charge in [0, 0.05) is 22.9 Å². The second kappa shape index (κ2) is 10.1. The summed E-state index contributed by atoms with van der Waals surface area (Å²) < 4.78 is 27.6. The van der Waals surface area contributed by atoms with Gasteiger partial charge in [-0.3, -0.25) is 4.79 Å². The molecule has 0 aliphatic heterocycles. The first-order valence-electron chi connectivity index (χ1n) is 11.2. The molecular formula is C24H21N3O12S2. The minimum atomic E-state index is -4.53. The number of fused-ring (bicyclic) bond motifs is 1. The number of anilines is 1. The Bertz CT molecular complexity index is 1890. The van der Waals surface area contributed by atoms with Crippen LogP contribution >= 0.6 is 11.3 Å². The minimum absolute atomic E-state index is 0.0726. The molecule has 0 saturated carbocycles. The number of carboxylic acid groups (broad SMARTS) is 1. The number of carbonyl (C=O) groups is 1. The Morgan fingerprint density at radius 2 is 1.56 bits per heavy atom. The lowest BCUT2D eigenvalue weighted by atomic mass is 10.0. The molecule has 2 aromatic carbocycles. The van der Waals surface area contributed by atoms with Crippen LogP contribution in [0.3, 0.4) is 0 Å². The molecule has 41 heavy (non-hydrogen) atoms. The van der Waals surface area contributed by atoms with E-state index < -0.39 is 85.8 Å². The van der Waals surface area contributed by atoms with Crippen molar-refractivity contribution >= 4 is 43.9 Å². The standard InChI is InChI=1S/C24H21N3O12S2/c1-7-16(28)18(30)9(19(31)17(7)29)4-2-8-3-5-12(40-8)41(38,39)27-11(24(36)37)6-10-13-14(25)20(32)22(34)21(33)15(13)26-23(10)35/h3,5,11,26-35H,6,25H2,1H3,(H,36,37). The number of benzene rings is 2. The molecule has 0 bridgehead atoms. The van der Waals surface area contributed by atoms with E-state index in [-0.39, 0.29) is 31.1 Å². The first-order valence-corrected chi connectivity index (χ1v) is 13.5. The predicted molar refractivity (Wildman–Crippen MR) is 143 cm³/mol. The molecule has 0 fully saturated rings. The lowest BCUT2D eigenvalue weighted by Gasteiger charge is -2.15. The molecule has 0 spiro atoms. The van der Waals surface area contributed by atoms with Crippen LogP contribution in [0.1, 0.15) is 21.6 Å². The van der Waals surface area contributed by atoms with Gasteiger partial charge in [0.15, 0.2) is 40.4 Å². The summed E-state index contributed by atoms with van der Waals surface area (Å²) in [6.45, 7) is 1.24. The number of thiophene rings is 1. The molecule has 1 unspecified atom stereocenters. The monoisotopic (exact) mass is 607 g/mol. The van der Waals surface area contributed by atoms with Crippen molar-refractivity contribution < 1.29 is 59.2 Å². The number of hydrogen-bond donors (Lipinski definition) is 12. The van der Waals surface area contributed by atoms with Gasteiger partial charge in [0.05, 0.1) is 16.1 Å². The van der Waals surface area contributed by atoms with Crippen molar-refractivity contribution in [2.45, 2.75) is 23.6 Å². The molecule has 0 amide bonds. The molecule has 15 nitrogen and oxygen atoms in total. The van der Waals surface area contributed by atoms with Gasteiger partial charge in [0.1, 0.15) is 15.8 Å². The average Bonchev–Trinajstić information content (AvgIpc) is 3.53. The maximum Gasteiger partial charge on any atom is 0.322 e. The number of rotatable bonds is 6. The van der Waals surface area contributed by atoms with Gasteiger partial charge in [0.25, 0.3) is 10.0 Å². The van der Waals surface area contributed by atoms with Crippen LogP contribution in [0.4, 0.5) is 5.69 Å². The van der Waals surface area contributed by atoms with Crippen LogP contribution in [0.15, 0.2) is 16.3 Å². The zero-order chi connectivity index (χ0) is 30.5. The molecular weight excluding hydrogens is 586 g/mol. The third-order valence-corrected chi connectivity index (χ3v) is 9.05. The Labute approximate surface area is 233 Å². The summed E-state index contributed by atoms with van der Waals surface area (Å²) >= 11 is 0.583. The highest BCUT2D eigenvalue weighted by atomic mass is 32.2. The number of aromatic amines is 1. The normalized spacial score (nSPS) is 12.2. The van der Waals surface area contributed by atoms with E-state index in [1.165, 1.54) is 13.0 Å². The van der Waals surface area contributed by atoms with E-state index in [9.17, 15) is 59.2 Å². The number of nitrogens with two attached hydrogens (primary N) is 1. The maximum absolute atomic E-state index is 13.0. The van der Waals surface area contributed by atoms with Crippen molar-refractivity contribution in [2.24, 2.45) is 0 Å². The van der Waals surface area contributed by atoms with Crippen molar-refractivity contribution in [3.8, 4) is 58.0 Å². The van der Waals surface area contributed by atoms with E-state index in [0.29, 0.717) is 11.3 Å². The van der Waals surface area contributed by atoms with Crippen LogP contribution < -0.4 is 10.5 Å². The number of phenolic OH excluding ortho intramolecular Hbond substituents is 7. The molecule has 13 N–H and O–H groups in total. The summed E-state index contributed by atoms with van der Waals surface area (Å²) in [5.74, 6) is -3.41. The lowest BCUT2D eigenvalue weighted by molar-refractivity contribution is -0.138. The van der Waals surface area contributed by atoms with Crippen molar-refractivity contribution in [1.29, 1.82) is 0 Å². The molecule has 2 heterocycles. The quantitative estimate of drug-likeness (QED) is 0.0634. The van der Waals surface area contributed by atoms with Crippen molar-refractivity contribution in [2.75, 3.05) is 5.73 Å². The minimum Gasteiger partial charge on any atom is -0.504 e. The van der Waals surface area contributed by atoms with E-state index in [2.05, 4.69) is 16.8 Å². The molecule has 4 aromatic rings. The predicted octanol–water partition coefficient (Wildman–Crippen LogP) is 1.14. The maximum atomic E-state index is 13.0. The number of hydrogen-bond acceptors (Lipinski definition) is 13. The fourth-order valence-corrected chi connectivity index (χ4v) is 6.26. The summed E-state index contributed by atoms with van der Waals surface area (Å²) in [7, 11) is -4.53. The van der Waals surface area contributed by atoms with E-state index in [4.69, 9.17) is 5.73 Å². The number of nitrogen functional groups attached to an aromatic ring is 1. The zero-order valence-electron chi connectivity index (χ0n) is 20.6. The Morgan fingerprint density at radius 3 is 2.15 bits per heavy atom. The van der Waals surface area contributed by atoms with Crippen molar-refractivity contribution in [3.05, 3.63) is 33.7 Å². The van der Waals surface area contributed by atoms with E-state index >= 15 is 0 Å². The van der Waals surface area contributed by atoms with Crippen LogP contribution in [-0.2, 0) is 21.2 Å². The smallest absolute Gasteiger partial charge is 0.322 e. The second-order valence-electron chi connectivity index (χ2n) is 8.64. The van der Waals surface area contributed by atoms with Gasteiger partial charge in [-0.15, -0.1) is 11.3 Å². The first-order chi connectivity index (χ1) is 19.1.